The molecule has 0 aliphatic rings. The van der Waals surface area contributed by atoms with Gasteiger partial charge in [-0.15, -0.1) is 6.58 Å². The van der Waals surface area contributed by atoms with E-state index in [1.165, 1.54) is 0 Å². The Labute approximate surface area is 92.3 Å². The molecule has 0 saturated heterocycles. The standard InChI is InChI=1S/C11H13BrO2/c1-3-4-11(13)9-7-8(14-2)5-6-10(9)12/h3,5-7,11,13H,1,4H2,2H3/t11-/m1/s1. The van der Waals surface area contributed by atoms with E-state index in [-0.39, 0.29) is 0 Å². The normalized spacial score (nSPS) is 12.2. The second-order valence-corrected chi connectivity index (χ2v) is 3.78. The van der Waals surface area contributed by atoms with Crippen molar-refractivity contribution in [1.29, 1.82) is 0 Å². The summed E-state index contributed by atoms with van der Waals surface area (Å²) in [6.07, 6.45) is 1.69. The van der Waals surface area contributed by atoms with E-state index in [0.717, 1.165) is 15.8 Å². The van der Waals surface area contributed by atoms with E-state index in [1.54, 1.807) is 13.2 Å². The van der Waals surface area contributed by atoms with E-state index < -0.39 is 6.10 Å². The second-order valence-electron chi connectivity index (χ2n) is 2.93. The summed E-state index contributed by atoms with van der Waals surface area (Å²) in [5.41, 5.74) is 0.823. The van der Waals surface area contributed by atoms with Gasteiger partial charge in [-0.25, -0.2) is 0 Å². The van der Waals surface area contributed by atoms with Crippen LogP contribution in [0.3, 0.4) is 0 Å². The first-order chi connectivity index (χ1) is 6.69. The molecule has 2 nitrogen and oxygen atoms in total. The van der Waals surface area contributed by atoms with Crippen LogP contribution in [0.2, 0.25) is 0 Å². The quantitative estimate of drug-likeness (QED) is 0.840. The van der Waals surface area contributed by atoms with E-state index in [0.29, 0.717) is 6.42 Å². The van der Waals surface area contributed by atoms with Crippen LogP contribution in [0.5, 0.6) is 5.75 Å². The third-order valence-corrected chi connectivity index (χ3v) is 2.67. The molecule has 0 saturated carbocycles. The number of ether oxygens (including phenoxy) is 1. The van der Waals surface area contributed by atoms with Crippen molar-refractivity contribution in [2.24, 2.45) is 0 Å². The average Bonchev–Trinajstić information content (AvgIpc) is 2.19. The van der Waals surface area contributed by atoms with E-state index in [9.17, 15) is 5.11 Å². The Kier molecular flexibility index (Phi) is 4.17. The molecule has 0 bridgehead atoms. The van der Waals surface area contributed by atoms with Crippen molar-refractivity contribution in [3.05, 3.63) is 40.9 Å². The van der Waals surface area contributed by atoms with Crippen molar-refractivity contribution < 1.29 is 9.84 Å². The minimum atomic E-state index is -0.531. The summed E-state index contributed by atoms with van der Waals surface area (Å²) in [6.45, 7) is 3.59. The zero-order valence-corrected chi connectivity index (χ0v) is 9.62. The van der Waals surface area contributed by atoms with Crippen molar-refractivity contribution in [3.8, 4) is 5.75 Å². The van der Waals surface area contributed by atoms with Gasteiger partial charge in [-0.1, -0.05) is 22.0 Å². The highest BCUT2D eigenvalue weighted by molar-refractivity contribution is 9.10. The highest BCUT2D eigenvalue weighted by Gasteiger charge is 2.10. The first-order valence-corrected chi connectivity index (χ1v) is 5.10. The molecule has 1 aromatic rings. The second kappa shape index (κ2) is 5.17. The first-order valence-electron chi connectivity index (χ1n) is 4.31. The van der Waals surface area contributed by atoms with Crippen molar-refractivity contribution in [3.63, 3.8) is 0 Å². The Morgan fingerprint density at radius 2 is 2.36 bits per heavy atom. The Morgan fingerprint density at radius 1 is 1.64 bits per heavy atom. The van der Waals surface area contributed by atoms with E-state index >= 15 is 0 Å². The minimum absolute atomic E-state index is 0.531. The lowest BCUT2D eigenvalue weighted by Crippen LogP contribution is -1.97. The van der Waals surface area contributed by atoms with Crippen molar-refractivity contribution in [2.45, 2.75) is 12.5 Å². The molecule has 1 aromatic carbocycles. The fourth-order valence-electron chi connectivity index (χ4n) is 1.19. The predicted molar refractivity (Wildman–Crippen MR) is 60.5 cm³/mol. The largest absolute Gasteiger partial charge is 0.497 e. The summed E-state index contributed by atoms with van der Waals surface area (Å²) in [5, 5.41) is 9.76. The number of hydrogen-bond acceptors (Lipinski definition) is 2. The van der Waals surface area contributed by atoms with Gasteiger partial charge < -0.3 is 9.84 Å². The molecule has 0 aliphatic heterocycles. The highest BCUT2D eigenvalue weighted by Crippen LogP contribution is 2.29. The predicted octanol–water partition coefficient (Wildman–Crippen LogP) is 3.07. The lowest BCUT2D eigenvalue weighted by Gasteiger charge is -2.12. The van der Waals surface area contributed by atoms with Crippen LogP contribution in [0.15, 0.2) is 35.3 Å². The van der Waals surface area contributed by atoms with Crippen LogP contribution in [0.25, 0.3) is 0 Å². The summed E-state index contributed by atoms with van der Waals surface area (Å²) in [6, 6.07) is 5.52. The van der Waals surface area contributed by atoms with Crippen molar-refractivity contribution in [2.75, 3.05) is 7.11 Å². The molecule has 76 valence electrons. The molecule has 0 radical (unpaired) electrons. The van der Waals surface area contributed by atoms with Gasteiger partial charge in [-0.3, -0.25) is 0 Å². The number of rotatable bonds is 4. The Hall–Kier alpha value is -0.800. The van der Waals surface area contributed by atoms with Gasteiger partial charge in [0.2, 0.25) is 0 Å². The number of hydrogen-bond donors (Lipinski definition) is 1. The number of benzene rings is 1. The molecule has 3 heteroatoms. The Balaban J connectivity index is 2.98. The van der Waals surface area contributed by atoms with E-state index in [1.807, 2.05) is 18.2 Å². The Morgan fingerprint density at radius 3 is 2.93 bits per heavy atom. The maximum absolute atomic E-state index is 9.76. The van der Waals surface area contributed by atoms with Gasteiger partial charge in [-0.05, 0) is 30.2 Å². The van der Waals surface area contributed by atoms with Crippen LogP contribution < -0.4 is 4.74 Å². The summed E-state index contributed by atoms with van der Waals surface area (Å²) in [5.74, 6) is 0.742. The summed E-state index contributed by atoms with van der Waals surface area (Å²) >= 11 is 3.38. The Bertz CT molecular complexity index is 323. The number of halogens is 1. The van der Waals surface area contributed by atoms with Crippen molar-refractivity contribution >= 4 is 15.9 Å². The third kappa shape index (κ3) is 2.59. The molecular weight excluding hydrogens is 244 g/mol. The molecule has 0 fully saturated rings. The van der Waals surface area contributed by atoms with Crippen LogP contribution in [0, 0.1) is 0 Å². The van der Waals surface area contributed by atoms with Gasteiger partial charge in [0.1, 0.15) is 5.75 Å². The SMILES string of the molecule is C=CC[C@@H](O)c1cc(OC)ccc1Br. The monoisotopic (exact) mass is 256 g/mol. The lowest BCUT2D eigenvalue weighted by atomic mass is 10.1. The van der Waals surface area contributed by atoms with Gasteiger partial charge in [0.05, 0.1) is 13.2 Å². The van der Waals surface area contributed by atoms with Crippen molar-refractivity contribution in [1.82, 2.24) is 0 Å². The van der Waals surface area contributed by atoms with E-state index in [4.69, 9.17) is 4.74 Å². The average molecular weight is 257 g/mol. The zero-order valence-electron chi connectivity index (χ0n) is 8.03. The summed E-state index contributed by atoms with van der Waals surface area (Å²) in [7, 11) is 1.60. The molecule has 0 aromatic heterocycles. The van der Waals surface area contributed by atoms with Crippen LogP contribution in [-0.2, 0) is 0 Å². The van der Waals surface area contributed by atoms with Gasteiger partial charge in [0.25, 0.3) is 0 Å². The third-order valence-electron chi connectivity index (χ3n) is 1.95. The molecule has 1 N–H and O–H groups in total. The minimum Gasteiger partial charge on any atom is -0.497 e. The number of aliphatic hydroxyl groups is 1. The zero-order chi connectivity index (χ0) is 10.6. The molecule has 0 amide bonds. The van der Waals surface area contributed by atoms with Gasteiger partial charge in [-0.2, -0.15) is 0 Å². The lowest BCUT2D eigenvalue weighted by molar-refractivity contribution is 0.180. The van der Waals surface area contributed by atoms with Crippen LogP contribution in [-0.4, -0.2) is 12.2 Å². The maximum atomic E-state index is 9.76. The van der Waals surface area contributed by atoms with Gasteiger partial charge in [0, 0.05) is 4.47 Å². The maximum Gasteiger partial charge on any atom is 0.119 e. The molecule has 0 spiro atoms. The molecular formula is C11H13BrO2. The first kappa shape index (κ1) is 11.3. The van der Waals surface area contributed by atoms with Crippen LogP contribution in [0.4, 0.5) is 0 Å². The van der Waals surface area contributed by atoms with Crippen LogP contribution in [0.1, 0.15) is 18.1 Å². The fourth-order valence-corrected chi connectivity index (χ4v) is 1.70. The molecule has 1 atom stereocenters. The van der Waals surface area contributed by atoms with Gasteiger partial charge in [0.15, 0.2) is 0 Å². The van der Waals surface area contributed by atoms with Gasteiger partial charge >= 0.3 is 0 Å². The summed E-state index contributed by atoms with van der Waals surface area (Å²) in [4.78, 5) is 0. The molecule has 0 unspecified atom stereocenters. The van der Waals surface area contributed by atoms with Crippen LogP contribution >= 0.6 is 15.9 Å². The smallest absolute Gasteiger partial charge is 0.119 e. The van der Waals surface area contributed by atoms with E-state index in [2.05, 4.69) is 22.5 Å². The number of aliphatic hydroxyl groups excluding tert-OH is 1. The fraction of sp³-hybridized carbons (Fsp3) is 0.273. The summed E-state index contributed by atoms with van der Waals surface area (Å²) < 4.78 is 5.96. The highest BCUT2D eigenvalue weighted by atomic mass is 79.9. The number of methoxy groups -OCH3 is 1. The topological polar surface area (TPSA) is 29.5 Å². The molecule has 0 heterocycles. The molecule has 1 rings (SSSR count). The molecule has 14 heavy (non-hydrogen) atoms. The molecule has 0 aliphatic carbocycles.